The summed E-state index contributed by atoms with van der Waals surface area (Å²) in [4.78, 5) is 27.8. The Labute approximate surface area is 163 Å². The minimum atomic E-state index is -0.750. The quantitative estimate of drug-likeness (QED) is 0.673. The molecule has 6 nitrogen and oxygen atoms in total. The minimum Gasteiger partial charge on any atom is -0.503 e. The highest BCUT2D eigenvalue weighted by molar-refractivity contribution is 7.15. The molecule has 0 spiro atoms. The number of thiophene rings is 1. The maximum atomic E-state index is 13.1. The van der Waals surface area contributed by atoms with Crippen molar-refractivity contribution in [3.05, 3.63) is 74.1 Å². The number of aromatic nitrogens is 2. The van der Waals surface area contributed by atoms with Gasteiger partial charge in [-0.25, -0.2) is 0 Å². The van der Waals surface area contributed by atoms with E-state index in [2.05, 4.69) is 10.2 Å². The smallest absolute Gasteiger partial charge is 0.296 e. The molecule has 0 aliphatic carbocycles. The molecule has 4 rings (SSSR count). The van der Waals surface area contributed by atoms with Crippen LogP contribution in [0.5, 0.6) is 0 Å². The van der Waals surface area contributed by atoms with Crippen molar-refractivity contribution in [2.24, 2.45) is 0 Å². The molecule has 1 aliphatic heterocycles. The summed E-state index contributed by atoms with van der Waals surface area (Å²) in [7, 11) is 0. The summed E-state index contributed by atoms with van der Waals surface area (Å²) in [5.41, 5.74) is 1.85. The van der Waals surface area contributed by atoms with Gasteiger partial charge in [-0.3, -0.25) is 14.5 Å². The number of rotatable bonds is 4. The summed E-state index contributed by atoms with van der Waals surface area (Å²) >= 11 is 2.51. The van der Waals surface area contributed by atoms with Crippen LogP contribution in [-0.2, 0) is 4.79 Å². The number of carbonyl (C=O) groups is 2. The molecule has 2 aromatic heterocycles. The van der Waals surface area contributed by atoms with Crippen LogP contribution in [0.25, 0.3) is 0 Å². The number of aryl methyl sites for hydroxylation is 2. The van der Waals surface area contributed by atoms with Crippen molar-refractivity contribution in [1.29, 1.82) is 0 Å². The van der Waals surface area contributed by atoms with E-state index in [9.17, 15) is 14.7 Å². The number of hydrogen-bond donors (Lipinski definition) is 1. The third kappa shape index (κ3) is 2.96. The van der Waals surface area contributed by atoms with Crippen molar-refractivity contribution in [3.8, 4) is 0 Å². The molecule has 0 saturated carbocycles. The first-order valence-electron chi connectivity index (χ1n) is 8.19. The van der Waals surface area contributed by atoms with Gasteiger partial charge >= 0.3 is 0 Å². The van der Waals surface area contributed by atoms with Crippen LogP contribution in [0, 0.1) is 13.8 Å². The zero-order valence-corrected chi connectivity index (χ0v) is 16.2. The predicted molar refractivity (Wildman–Crippen MR) is 104 cm³/mol. The minimum absolute atomic E-state index is 0.0687. The van der Waals surface area contributed by atoms with Crippen LogP contribution < -0.4 is 4.90 Å². The number of nitrogens with zero attached hydrogens (tertiary/aromatic N) is 3. The number of anilines is 1. The Bertz CT molecular complexity index is 1050. The molecule has 3 aromatic rings. The highest BCUT2D eigenvalue weighted by Crippen LogP contribution is 2.43. The van der Waals surface area contributed by atoms with Crippen LogP contribution in [0.15, 0.2) is 53.1 Å². The maximum absolute atomic E-state index is 13.1. The van der Waals surface area contributed by atoms with Crippen LogP contribution in [0.3, 0.4) is 0 Å². The number of ketones is 1. The normalized spacial score (nSPS) is 17.0. The Morgan fingerprint density at radius 3 is 2.48 bits per heavy atom. The average molecular weight is 397 g/mol. The largest absolute Gasteiger partial charge is 0.503 e. The number of aliphatic hydroxyl groups is 1. The number of aliphatic hydroxyl groups excluding tert-OH is 1. The van der Waals surface area contributed by atoms with Crippen molar-refractivity contribution in [1.82, 2.24) is 10.2 Å². The summed E-state index contributed by atoms with van der Waals surface area (Å²) in [6, 6.07) is 10.2. The van der Waals surface area contributed by atoms with E-state index in [1.165, 1.54) is 27.6 Å². The van der Waals surface area contributed by atoms with Gasteiger partial charge in [0.2, 0.25) is 10.9 Å². The summed E-state index contributed by atoms with van der Waals surface area (Å²) in [6.07, 6.45) is 0. The van der Waals surface area contributed by atoms with Crippen molar-refractivity contribution in [2.45, 2.75) is 19.9 Å². The third-order valence-corrected chi connectivity index (χ3v) is 6.02. The molecule has 0 fully saturated rings. The molecule has 1 aromatic carbocycles. The number of Topliss-reactive ketones (excluding diaryl/α,β-unsaturated/α-hetero) is 1. The lowest BCUT2D eigenvalue weighted by Gasteiger charge is -2.24. The zero-order chi connectivity index (χ0) is 19.1. The molecule has 1 N–H and O–H groups in total. The first kappa shape index (κ1) is 17.6. The zero-order valence-electron chi connectivity index (χ0n) is 14.5. The Hall–Kier alpha value is -2.84. The third-order valence-electron chi connectivity index (χ3n) is 4.31. The second kappa shape index (κ2) is 6.71. The lowest BCUT2D eigenvalue weighted by Crippen LogP contribution is -2.31. The molecule has 1 atom stereocenters. The van der Waals surface area contributed by atoms with Gasteiger partial charge in [0.25, 0.3) is 5.91 Å². The maximum Gasteiger partial charge on any atom is 0.296 e. The summed E-state index contributed by atoms with van der Waals surface area (Å²) in [5, 5.41) is 21.4. The van der Waals surface area contributed by atoms with Crippen LogP contribution in [0.1, 0.15) is 31.8 Å². The van der Waals surface area contributed by atoms with Crippen LogP contribution >= 0.6 is 22.7 Å². The molecule has 136 valence electrons. The van der Waals surface area contributed by atoms with Gasteiger partial charge in [0.1, 0.15) is 5.01 Å². The van der Waals surface area contributed by atoms with Crippen molar-refractivity contribution in [3.63, 3.8) is 0 Å². The Morgan fingerprint density at radius 1 is 1.15 bits per heavy atom. The molecule has 8 heteroatoms. The predicted octanol–water partition coefficient (Wildman–Crippen LogP) is 4.00. The van der Waals surface area contributed by atoms with E-state index < -0.39 is 17.7 Å². The van der Waals surface area contributed by atoms with E-state index in [0.717, 1.165) is 11.1 Å². The molecular formula is C19H15N3O3S2. The molecule has 1 aliphatic rings. The molecule has 0 bridgehead atoms. The summed E-state index contributed by atoms with van der Waals surface area (Å²) < 4.78 is 0. The summed E-state index contributed by atoms with van der Waals surface area (Å²) in [5.74, 6) is -1.53. The van der Waals surface area contributed by atoms with Crippen LogP contribution in [-0.4, -0.2) is 27.0 Å². The van der Waals surface area contributed by atoms with Gasteiger partial charge < -0.3 is 5.11 Å². The number of benzene rings is 1. The first-order valence-corrected chi connectivity index (χ1v) is 9.88. The van der Waals surface area contributed by atoms with E-state index in [1.54, 1.807) is 24.4 Å². The van der Waals surface area contributed by atoms with Gasteiger partial charge in [0.05, 0.1) is 16.5 Å². The first-order chi connectivity index (χ1) is 13.0. The Balaban J connectivity index is 1.88. The lowest BCUT2D eigenvalue weighted by molar-refractivity contribution is -0.117. The van der Waals surface area contributed by atoms with Crippen molar-refractivity contribution >= 4 is 39.5 Å². The molecular weight excluding hydrogens is 382 g/mol. The van der Waals surface area contributed by atoms with E-state index in [1.807, 2.05) is 31.2 Å². The van der Waals surface area contributed by atoms with Crippen molar-refractivity contribution < 1.29 is 14.7 Å². The van der Waals surface area contributed by atoms with Gasteiger partial charge in [0, 0.05) is 0 Å². The molecule has 0 saturated heterocycles. The molecule has 27 heavy (non-hydrogen) atoms. The van der Waals surface area contributed by atoms with Gasteiger partial charge in [-0.15, -0.1) is 21.5 Å². The fourth-order valence-electron chi connectivity index (χ4n) is 3.02. The van der Waals surface area contributed by atoms with Crippen LogP contribution in [0.4, 0.5) is 5.13 Å². The SMILES string of the molecule is Cc1ccc([C@@H]2C(C(=O)c3cccs3)=C(O)C(=O)N2c2nnc(C)s2)cc1. The van der Waals surface area contributed by atoms with E-state index in [0.29, 0.717) is 15.0 Å². The molecule has 0 radical (unpaired) electrons. The second-order valence-electron chi connectivity index (χ2n) is 6.16. The monoisotopic (exact) mass is 397 g/mol. The van der Waals surface area contributed by atoms with E-state index >= 15 is 0 Å². The van der Waals surface area contributed by atoms with E-state index in [-0.39, 0.29) is 11.4 Å². The Morgan fingerprint density at radius 2 is 1.89 bits per heavy atom. The average Bonchev–Trinajstić information content (AvgIpc) is 3.37. The number of amides is 1. The molecule has 3 heterocycles. The summed E-state index contributed by atoms with van der Waals surface area (Å²) in [6.45, 7) is 3.74. The number of carbonyl (C=O) groups excluding carboxylic acids is 2. The second-order valence-corrected chi connectivity index (χ2v) is 8.27. The van der Waals surface area contributed by atoms with Gasteiger partial charge in [-0.2, -0.15) is 0 Å². The lowest BCUT2D eigenvalue weighted by atomic mass is 9.95. The molecule has 0 unspecified atom stereocenters. The topological polar surface area (TPSA) is 83.4 Å². The van der Waals surface area contributed by atoms with Gasteiger partial charge in [-0.05, 0) is 30.9 Å². The number of hydrogen-bond acceptors (Lipinski definition) is 7. The molecule has 1 amide bonds. The fourth-order valence-corrected chi connectivity index (χ4v) is 4.41. The van der Waals surface area contributed by atoms with Gasteiger partial charge in [-0.1, -0.05) is 47.2 Å². The highest BCUT2D eigenvalue weighted by atomic mass is 32.1. The highest BCUT2D eigenvalue weighted by Gasteiger charge is 2.46. The fraction of sp³-hybridized carbons (Fsp3) is 0.158. The standard InChI is InChI=1S/C19H15N3O3S2/c1-10-5-7-12(8-6-10)15-14(16(23)13-4-3-9-26-13)17(24)18(25)22(15)19-21-20-11(2)27-19/h3-9,15,24H,1-2H3/t15-/m1/s1. The van der Waals surface area contributed by atoms with Crippen molar-refractivity contribution in [2.75, 3.05) is 4.90 Å². The van der Waals surface area contributed by atoms with Crippen LogP contribution in [0.2, 0.25) is 0 Å². The van der Waals surface area contributed by atoms with E-state index in [4.69, 9.17) is 0 Å². The Kier molecular flexibility index (Phi) is 4.37. The van der Waals surface area contributed by atoms with Gasteiger partial charge in [0.15, 0.2) is 5.76 Å².